The summed E-state index contributed by atoms with van der Waals surface area (Å²) in [6.07, 6.45) is 18.7. The van der Waals surface area contributed by atoms with Gasteiger partial charge in [0.1, 0.15) is 11.2 Å². The van der Waals surface area contributed by atoms with Crippen LogP contribution in [0.25, 0.3) is 128 Å². The molecule has 3 heteroatoms. The topological polar surface area (TPSA) is 18.1 Å². The first-order valence-corrected chi connectivity index (χ1v) is 26.9. The monoisotopic (exact) mass is 901 g/mol. The van der Waals surface area contributed by atoms with E-state index in [-0.39, 0.29) is 0 Å². The van der Waals surface area contributed by atoms with E-state index in [0.29, 0.717) is 0 Å². The van der Waals surface area contributed by atoms with Gasteiger partial charge in [0.15, 0.2) is 0 Å². The van der Waals surface area contributed by atoms with E-state index in [1.54, 1.807) is 0 Å². The molecule has 3 aliphatic rings. The van der Waals surface area contributed by atoms with E-state index in [0.717, 1.165) is 53.2 Å². The zero-order chi connectivity index (χ0) is 45.5. The fourth-order valence-electron chi connectivity index (χ4n) is 12.5. The Bertz CT molecular complexity index is 4120. The Labute approximate surface area is 402 Å². The van der Waals surface area contributed by atoms with Gasteiger partial charge in [-0.3, -0.25) is 0 Å². The van der Waals surface area contributed by atoms with Gasteiger partial charge in [-0.05, 0) is 182 Å². The molecule has 2 aliphatic carbocycles. The van der Waals surface area contributed by atoms with Crippen molar-refractivity contribution < 1.29 is 4.42 Å². The fourth-order valence-corrected chi connectivity index (χ4v) is 15.0. The van der Waals surface area contributed by atoms with E-state index in [1.807, 2.05) is 0 Å². The first-order valence-electron chi connectivity index (χ1n) is 24.4. The highest BCUT2D eigenvalue weighted by Crippen LogP contribution is 2.68. The van der Waals surface area contributed by atoms with E-state index < -0.39 is 10.0 Å². The Balaban J connectivity index is 0.921. The molecule has 69 heavy (non-hydrogen) atoms. The summed E-state index contributed by atoms with van der Waals surface area (Å²) >= 11 is 0. The first kappa shape index (κ1) is 39.2. The third-order valence-electron chi connectivity index (χ3n) is 15.8. The second kappa shape index (κ2) is 14.6. The lowest BCUT2D eigenvalue weighted by Gasteiger charge is -2.29. The molecule has 0 saturated heterocycles. The number of rotatable bonds is 4. The summed E-state index contributed by atoms with van der Waals surface area (Å²) in [6.45, 7) is 0. The van der Waals surface area contributed by atoms with Gasteiger partial charge < -0.3 is 8.98 Å². The molecule has 0 saturated carbocycles. The summed E-state index contributed by atoms with van der Waals surface area (Å²) in [5.41, 5.74) is 21.3. The summed E-state index contributed by atoms with van der Waals surface area (Å²) in [5, 5.41) is 10.2. The van der Waals surface area contributed by atoms with Crippen LogP contribution in [0.15, 0.2) is 202 Å². The van der Waals surface area contributed by atoms with Gasteiger partial charge in [-0.1, -0.05) is 140 Å². The number of aromatic nitrogens is 1. The van der Waals surface area contributed by atoms with Gasteiger partial charge in [-0.25, -0.2) is 0 Å². The third-order valence-corrected chi connectivity index (χ3v) is 18.7. The molecule has 0 fully saturated rings. The predicted octanol–water partition coefficient (Wildman–Crippen LogP) is 18.4. The average Bonchev–Trinajstić information content (AvgIpc) is 4.02. The van der Waals surface area contributed by atoms with Crippen molar-refractivity contribution in [2.45, 2.75) is 35.5 Å². The highest BCUT2D eigenvalue weighted by atomic mass is 32.3. The number of fused-ring (bicyclic) bond motifs is 15. The SMILES string of the molecule is CS1(C)c2cc(-c3cccc4c3oc3ccccc34)ccc2-c2ccc(-n3c4ccc(-c5cc6ccccc6c6c5C=CCC6)cc4c4cc(-c5cc6ccccc6c6c5C=CCC6)ccc43)cc21. The number of allylic oxidation sites excluding steroid dienone is 2. The smallest absolute Gasteiger partial charge is 0.143 e. The molecular formula is C66H47NOS. The average molecular weight is 902 g/mol. The summed E-state index contributed by atoms with van der Waals surface area (Å²) < 4.78 is 9.08. The van der Waals surface area contributed by atoms with Gasteiger partial charge in [-0.2, -0.15) is 10.0 Å². The third kappa shape index (κ3) is 5.68. The molecule has 12 aromatic rings. The van der Waals surface area contributed by atoms with E-state index >= 15 is 0 Å². The van der Waals surface area contributed by atoms with Crippen LogP contribution in [-0.4, -0.2) is 17.1 Å². The van der Waals surface area contributed by atoms with E-state index in [9.17, 15) is 0 Å². The highest BCUT2D eigenvalue weighted by Gasteiger charge is 2.33. The van der Waals surface area contributed by atoms with Gasteiger partial charge in [0.25, 0.3) is 0 Å². The molecule has 10 aromatic carbocycles. The van der Waals surface area contributed by atoms with Crippen LogP contribution < -0.4 is 0 Å². The number of nitrogens with zero attached hydrogens (tertiary/aromatic N) is 1. The van der Waals surface area contributed by atoms with Gasteiger partial charge in [0.2, 0.25) is 0 Å². The van der Waals surface area contributed by atoms with Crippen molar-refractivity contribution in [2.75, 3.05) is 12.5 Å². The molecule has 0 unspecified atom stereocenters. The molecule has 2 nitrogen and oxygen atoms in total. The predicted molar refractivity (Wildman–Crippen MR) is 295 cm³/mol. The minimum atomic E-state index is -1.39. The van der Waals surface area contributed by atoms with Crippen LogP contribution in [0.3, 0.4) is 0 Å². The van der Waals surface area contributed by atoms with Crippen molar-refractivity contribution in [3.63, 3.8) is 0 Å². The minimum Gasteiger partial charge on any atom is -0.455 e. The van der Waals surface area contributed by atoms with Crippen LogP contribution in [0, 0.1) is 0 Å². The van der Waals surface area contributed by atoms with E-state index in [2.05, 4.69) is 217 Å². The second-order valence-electron chi connectivity index (χ2n) is 19.8. The number of para-hydroxylation sites is 2. The lowest BCUT2D eigenvalue weighted by atomic mass is 9.85. The number of benzene rings is 10. The Morgan fingerprint density at radius 3 is 1.61 bits per heavy atom. The molecule has 0 amide bonds. The number of hydrogen-bond donors (Lipinski definition) is 0. The maximum absolute atomic E-state index is 6.54. The van der Waals surface area contributed by atoms with Crippen LogP contribution in [0.1, 0.15) is 35.1 Å². The highest BCUT2D eigenvalue weighted by molar-refractivity contribution is 8.33. The maximum atomic E-state index is 6.54. The Kier molecular flexibility index (Phi) is 8.28. The van der Waals surface area contributed by atoms with Crippen LogP contribution in [-0.2, 0) is 12.8 Å². The number of hydrogen-bond acceptors (Lipinski definition) is 1. The molecule has 0 spiro atoms. The molecule has 15 rings (SSSR count). The van der Waals surface area contributed by atoms with Crippen LogP contribution in [0.4, 0.5) is 0 Å². The Morgan fingerprint density at radius 2 is 0.957 bits per heavy atom. The molecule has 0 atom stereocenters. The molecule has 3 heterocycles. The van der Waals surface area contributed by atoms with E-state index in [4.69, 9.17) is 4.42 Å². The Morgan fingerprint density at radius 1 is 0.420 bits per heavy atom. The van der Waals surface area contributed by atoms with Crippen LogP contribution in [0.2, 0.25) is 0 Å². The summed E-state index contributed by atoms with van der Waals surface area (Å²) in [7, 11) is -1.39. The lowest BCUT2D eigenvalue weighted by Crippen LogP contribution is -1.99. The molecule has 0 N–H and O–H groups in total. The summed E-state index contributed by atoms with van der Waals surface area (Å²) in [5.74, 6) is 0. The second-order valence-corrected chi connectivity index (χ2v) is 23.3. The van der Waals surface area contributed by atoms with Gasteiger partial charge in [0, 0.05) is 42.6 Å². The van der Waals surface area contributed by atoms with Gasteiger partial charge in [-0.15, -0.1) is 0 Å². The largest absolute Gasteiger partial charge is 0.455 e. The molecule has 2 aromatic heterocycles. The van der Waals surface area contributed by atoms with Crippen molar-refractivity contribution in [1.29, 1.82) is 0 Å². The fraction of sp³-hybridized carbons (Fsp3) is 0.0909. The van der Waals surface area contributed by atoms with Crippen LogP contribution in [0.5, 0.6) is 0 Å². The number of furan rings is 1. The normalized spacial score (nSPS) is 15.0. The Hall–Kier alpha value is -7.85. The quantitative estimate of drug-likeness (QED) is 0.172. The minimum absolute atomic E-state index is 0.930. The first-order chi connectivity index (χ1) is 34.0. The molecular weight excluding hydrogens is 855 g/mol. The van der Waals surface area contributed by atoms with E-state index in [1.165, 1.54) is 120 Å². The zero-order valence-electron chi connectivity index (χ0n) is 38.6. The number of aryl methyl sites for hydroxylation is 2. The van der Waals surface area contributed by atoms with Crippen molar-refractivity contribution >= 4 is 87.5 Å². The molecule has 1 aliphatic heterocycles. The van der Waals surface area contributed by atoms with Crippen molar-refractivity contribution in [2.24, 2.45) is 0 Å². The zero-order valence-corrected chi connectivity index (χ0v) is 39.5. The summed E-state index contributed by atoms with van der Waals surface area (Å²) in [4.78, 5) is 2.86. The summed E-state index contributed by atoms with van der Waals surface area (Å²) in [6, 6.07) is 66.6. The van der Waals surface area contributed by atoms with Crippen molar-refractivity contribution in [3.05, 3.63) is 210 Å². The van der Waals surface area contributed by atoms with Crippen molar-refractivity contribution in [3.8, 4) is 50.2 Å². The van der Waals surface area contributed by atoms with Crippen molar-refractivity contribution in [1.82, 2.24) is 4.57 Å². The lowest BCUT2D eigenvalue weighted by molar-refractivity contribution is 0.670. The maximum Gasteiger partial charge on any atom is 0.143 e. The molecule has 0 bridgehead atoms. The standard InChI is InChI=1S/C66H47NOS/c1-69(2)64-38-44(48-23-13-24-56-53-22-11-12-25-63(53)68-66(48)56)26-30-54(64)55-31-29-45(39-65(55)69)67-61-32-27-42(57-34-40-14-3-5-16-46(40)49-18-7-9-20-51(49)57)36-59(61)60-37-43(28-33-62(60)67)58-35-41-15-4-6-17-47(41)50-19-8-10-21-52(50)58/h3-6,9-17,20-39H,7-8,18-19H2,1-2H3. The van der Waals surface area contributed by atoms with Gasteiger partial charge >= 0.3 is 0 Å². The molecule has 0 radical (unpaired) electrons. The molecule has 328 valence electrons. The van der Waals surface area contributed by atoms with Gasteiger partial charge in [0.05, 0.1) is 11.0 Å². The van der Waals surface area contributed by atoms with Crippen LogP contribution >= 0.6 is 10.0 Å².